The molecule has 0 fully saturated rings. The van der Waals surface area contributed by atoms with Crippen LogP contribution in [0.2, 0.25) is 5.02 Å². The van der Waals surface area contributed by atoms with E-state index in [2.05, 4.69) is 5.32 Å². The van der Waals surface area contributed by atoms with Crippen LogP contribution in [-0.4, -0.2) is 19.6 Å². The Bertz CT molecular complexity index is 670. The van der Waals surface area contributed by atoms with Crippen molar-refractivity contribution >= 4 is 17.5 Å². The minimum absolute atomic E-state index is 0.0401. The van der Waals surface area contributed by atoms with Crippen molar-refractivity contribution in [1.29, 1.82) is 0 Å². The molecule has 0 radical (unpaired) electrons. The Kier molecular flexibility index (Phi) is 5.88. The Morgan fingerprint density at radius 2 is 1.83 bits per heavy atom. The average molecular weight is 334 g/mol. The molecule has 1 N–H and O–H groups in total. The molecule has 0 spiro atoms. The first-order chi connectivity index (χ1) is 11.0. The van der Waals surface area contributed by atoms with Crippen molar-refractivity contribution < 1.29 is 14.3 Å². The summed E-state index contributed by atoms with van der Waals surface area (Å²) < 4.78 is 10.6. The molecule has 0 aromatic heterocycles. The number of aryl methyl sites for hydroxylation is 1. The molecule has 0 bridgehead atoms. The molecule has 0 aliphatic rings. The van der Waals surface area contributed by atoms with Gasteiger partial charge in [0.2, 0.25) is 0 Å². The number of methoxy groups -OCH3 is 1. The van der Waals surface area contributed by atoms with Gasteiger partial charge in [-0.3, -0.25) is 4.79 Å². The zero-order valence-corrected chi connectivity index (χ0v) is 14.2. The minimum atomic E-state index is -0.180. The van der Waals surface area contributed by atoms with Crippen LogP contribution in [0, 0.1) is 6.92 Å². The molecule has 1 atom stereocenters. The first kappa shape index (κ1) is 17.2. The SMILES string of the molecule is COc1ccc([C@H](C)NC(=O)COc2ccc(Cl)c(C)c2)cc1. The summed E-state index contributed by atoms with van der Waals surface area (Å²) in [4.78, 5) is 12.0. The van der Waals surface area contributed by atoms with Gasteiger partial charge in [0.05, 0.1) is 13.2 Å². The maximum absolute atomic E-state index is 12.0. The van der Waals surface area contributed by atoms with Crippen LogP contribution in [0.4, 0.5) is 0 Å². The number of benzene rings is 2. The highest BCUT2D eigenvalue weighted by Crippen LogP contribution is 2.21. The second kappa shape index (κ2) is 7.88. The van der Waals surface area contributed by atoms with E-state index in [0.29, 0.717) is 10.8 Å². The smallest absolute Gasteiger partial charge is 0.258 e. The lowest BCUT2D eigenvalue weighted by molar-refractivity contribution is -0.123. The standard InChI is InChI=1S/C18H20ClNO3/c1-12-10-16(8-9-17(12)19)23-11-18(21)20-13(2)14-4-6-15(22-3)7-5-14/h4-10,13H,11H2,1-3H3,(H,20,21)/t13-/m0/s1. The molecule has 122 valence electrons. The number of hydrogen-bond donors (Lipinski definition) is 1. The van der Waals surface area contributed by atoms with Gasteiger partial charge >= 0.3 is 0 Å². The monoisotopic (exact) mass is 333 g/mol. The quantitative estimate of drug-likeness (QED) is 0.871. The molecule has 23 heavy (non-hydrogen) atoms. The van der Waals surface area contributed by atoms with Crippen LogP contribution in [0.15, 0.2) is 42.5 Å². The summed E-state index contributed by atoms with van der Waals surface area (Å²) in [5, 5.41) is 3.57. The van der Waals surface area contributed by atoms with E-state index >= 15 is 0 Å². The highest BCUT2D eigenvalue weighted by atomic mass is 35.5. The predicted molar refractivity (Wildman–Crippen MR) is 91.2 cm³/mol. The molecule has 1 amide bonds. The number of hydrogen-bond acceptors (Lipinski definition) is 3. The number of amides is 1. The van der Waals surface area contributed by atoms with Gasteiger partial charge in [0.15, 0.2) is 6.61 Å². The molecule has 0 aliphatic heterocycles. The van der Waals surface area contributed by atoms with E-state index in [1.165, 1.54) is 0 Å². The van der Waals surface area contributed by atoms with Gasteiger partial charge in [-0.05, 0) is 55.3 Å². The predicted octanol–water partition coefficient (Wildman–Crippen LogP) is 3.91. The van der Waals surface area contributed by atoms with E-state index in [4.69, 9.17) is 21.1 Å². The van der Waals surface area contributed by atoms with Gasteiger partial charge in [0, 0.05) is 5.02 Å². The van der Waals surface area contributed by atoms with Crippen molar-refractivity contribution in [2.24, 2.45) is 0 Å². The molecule has 0 unspecified atom stereocenters. The molecule has 4 nitrogen and oxygen atoms in total. The van der Waals surface area contributed by atoms with Crippen LogP contribution in [0.25, 0.3) is 0 Å². The summed E-state index contributed by atoms with van der Waals surface area (Å²) in [5.41, 5.74) is 1.91. The van der Waals surface area contributed by atoms with Crippen molar-refractivity contribution in [2.45, 2.75) is 19.9 Å². The van der Waals surface area contributed by atoms with E-state index in [1.807, 2.05) is 44.2 Å². The van der Waals surface area contributed by atoms with Crippen LogP contribution < -0.4 is 14.8 Å². The van der Waals surface area contributed by atoms with Crippen LogP contribution in [-0.2, 0) is 4.79 Å². The summed E-state index contributed by atoms with van der Waals surface area (Å²) in [7, 11) is 1.62. The normalized spacial score (nSPS) is 11.7. The molecule has 0 aliphatic carbocycles. The fourth-order valence-electron chi connectivity index (χ4n) is 2.11. The number of halogens is 1. The summed E-state index contributed by atoms with van der Waals surface area (Å²) in [6, 6.07) is 12.8. The molecule has 0 saturated carbocycles. The molecule has 0 saturated heterocycles. The van der Waals surface area contributed by atoms with Crippen molar-refractivity contribution in [3.8, 4) is 11.5 Å². The van der Waals surface area contributed by atoms with Crippen molar-refractivity contribution in [1.82, 2.24) is 5.32 Å². The maximum Gasteiger partial charge on any atom is 0.258 e. The van der Waals surface area contributed by atoms with Crippen LogP contribution in [0.5, 0.6) is 11.5 Å². The van der Waals surface area contributed by atoms with Gasteiger partial charge < -0.3 is 14.8 Å². The molecular weight excluding hydrogens is 314 g/mol. The Labute approximate surface area is 141 Å². The average Bonchev–Trinajstić information content (AvgIpc) is 2.56. The highest BCUT2D eigenvalue weighted by molar-refractivity contribution is 6.31. The lowest BCUT2D eigenvalue weighted by Crippen LogP contribution is -2.31. The first-order valence-corrected chi connectivity index (χ1v) is 7.69. The van der Waals surface area contributed by atoms with Gasteiger partial charge in [-0.25, -0.2) is 0 Å². The van der Waals surface area contributed by atoms with E-state index in [9.17, 15) is 4.79 Å². The number of carbonyl (C=O) groups is 1. The lowest BCUT2D eigenvalue weighted by Gasteiger charge is -2.15. The minimum Gasteiger partial charge on any atom is -0.497 e. The third-order valence-electron chi connectivity index (χ3n) is 3.49. The molecule has 2 aromatic rings. The van der Waals surface area contributed by atoms with E-state index in [0.717, 1.165) is 16.9 Å². The fourth-order valence-corrected chi connectivity index (χ4v) is 2.23. The fraction of sp³-hybridized carbons (Fsp3) is 0.278. The highest BCUT2D eigenvalue weighted by Gasteiger charge is 2.10. The van der Waals surface area contributed by atoms with Gasteiger partial charge in [-0.15, -0.1) is 0 Å². The third kappa shape index (κ3) is 4.89. The van der Waals surface area contributed by atoms with Crippen LogP contribution in [0.1, 0.15) is 24.1 Å². The summed E-state index contributed by atoms with van der Waals surface area (Å²) in [6.07, 6.45) is 0. The number of nitrogens with one attached hydrogen (secondary N) is 1. The van der Waals surface area contributed by atoms with Crippen molar-refractivity contribution in [3.05, 3.63) is 58.6 Å². The second-order valence-corrected chi connectivity index (χ2v) is 5.67. The molecule has 0 heterocycles. The molecule has 2 aromatic carbocycles. The topological polar surface area (TPSA) is 47.6 Å². The van der Waals surface area contributed by atoms with E-state index in [-0.39, 0.29) is 18.6 Å². The Hall–Kier alpha value is -2.20. The Balaban J connectivity index is 1.86. The summed E-state index contributed by atoms with van der Waals surface area (Å²) in [5.74, 6) is 1.23. The summed E-state index contributed by atoms with van der Waals surface area (Å²) in [6.45, 7) is 3.77. The maximum atomic E-state index is 12.0. The van der Waals surface area contributed by atoms with E-state index in [1.54, 1.807) is 19.2 Å². The zero-order valence-electron chi connectivity index (χ0n) is 13.4. The third-order valence-corrected chi connectivity index (χ3v) is 3.92. The van der Waals surface area contributed by atoms with Gasteiger partial charge in [0.1, 0.15) is 11.5 Å². The number of carbonyl (C=O) groups excluding carboxylic acids is 1. The van der Waals surface area contributed by atoms with Crippen molar-refractivity contribution in [2.75, 3.05) is 13.7 Å². The van der Waals surface area contributed by atoms with Gasteiger partial charge in [0.25, 0.3) is 5.91 Å². The van der Waals surface area contributed by atoms with Gasteiger partial charge in [-0.1, -0.05) is 23.7 Å². The van der Waals surface area contributed by atoms with Gasteiger partial charge in [-0.2, -0.15) is 0 Å². The Morgan fingerprint density at radius 1 is 1.17 bits per heavy atom. The molecule has 5 heteroatoms. The second-order valence-electron chi connectivity index (χ2n) is 5.26. The Morgan fingerprint density at radius 3 is 2.43 bits per heavy atom. The van der Waals surface area contributed by atoms with Crippen LogP contribution >= 0.6 is 11.6 Å². The van der Waals surface area contributed by atoms with Crippen LogP contribution in [0.3, 0.4) is 0 Å². The summed E-state index contributed by atoms with van der Waals surface area (Å²) >= 11 is 5.96. The van der Waals surface area contributed by atoms with E-state index < -0.39 is 0 Å². The number of ether oxygens (including phenoxy) is 2. The molecular formula is C18H20ClNO3. The zero-order chi connectivity index (χ0) is 16.8. The number of rotatable bonds is 6. The first-order valence-electron chi connectivity index (χ1n) is 7.32. The van der Waals surface area contributed by atoms with Crippen molar-refractivity contribution in [3.63, 3.8) is 0 Å². The largest absolute Gasteiger partial charge is 0.497 e. The lowest BCUT2D eigenvalue weighted by atomic mass is 10.1. The molecule has 2 rings (SSSR count).